The first-order valence-corrected chi connectivity index (χ1v) is 5.50. The molecule has 13 heavy (non-hydrogen) atoms. The standard InChI is InChI=1S/C11H26N2/c1-5-6-7-13(4)9-11(12)8-10(2)3/h10-11H,5-9,12H2,1-4H3. The van der Waals surface area contributed by atoms with E-state index in [0.717, 1.165) is 18.9 Å². The monoisotopic (exact) mass is 186 g/mol. The summed E-state index contributed by atoms with van der Waals surface area (Å²) in [5.41, 5.74) is 6.01. The lowest BCUT2D eigenvalue weighted by atomic mass is 10.0. The molecule has 0 spiro atoms. The molecular formula is C11H26N2. The van der Waals surface area contributed by atoms with Crippen molar-refractivity contribution in [2.24, 2.45) is 11.7 Å². The molecule has 1 unspecified atom stereocenters. The minimum atomic E-state index is 0.349. The molecule has 0 aliphatic rings. The Morgan fingerprint density at radius 3 is 2.38 bits per heavy atom. The maximum absolute atomic E-state index is 6.01. The largest absolute Gasteiger partial charge is 0.327 e. The average molecular weight is 186 g/mol. The topological polar surface area (TPSA) is 29.3 Å². The lowest BCUT2D eigenvalue weighted by Gasteiger charge is -2.22. The Hall–Kier alpha value is -0.0800. The third kappa shape index (κ3) is 8.26. The van der Waals surface area contributed by atoms with E-state index in [4.69, 9.17) is 5.73 Å². The summed E-state index contributed by atoms with van der Waals surface area (Å²) in [5.74, 6) is 0.717. The SMILES string of the molecule is CCCCN(C)CC(N)CC(C)C. The van der Waals surface area contributed by atoms with Crippen molar-refractivity contribution in [2.75, 3.05) is 20.1 Å². The van der Waals surface area contributed by atoms with Gasteiger partial charge >= 0.3 is 0 Å². The van der Waals surface area contributed by atoms with Gasteiger partial charge in [-0.25, -0.2) is 0 Å². The number of hydrogen-bond acceptors (Lipinski definition) is 2. The van der Waals surface area contributed by atoms with E-state index in [1.807, 2.05) is 0 Å². The quantitative estimate of drug-likeness (QED) is 0.659. The zero-order valence-electron chi connectivity index (χ0n) is 9.71. The number of nitrogens with two attached hydrogens (primary N) is 1. The van der Waals surface area contributed by atoms with Gasteiger partial charge in [0.05, 0.1) is 0 Å². The highest BCUT2D eigenvalue weighted by atomic mass is 15.1. The van der Waals surface area contributed by atoms with Crippen LogP contribution in [0.5, 0.6) is 0 Å². The maximum atomic E-state index is 6.01. The molecule has 0 rings (SSSR count). The summed E-state index contributed by atoms with van der Waals surface area (Å²) in [6.45, 7) is 8.90. The third-order valence-electron chi connectivity index (χ3n) is 2.21. The van der Waals surface area contributed by atoms with Crippen LogP contribution in [0.1, 0.15) is 40.0 Å². The molecule has 0 aliphatic heterocycles. The predicted molar refractivity (Wildman–Crippen MR) is 59.8 cm³/mol. The highest BCUT2D eigenvalue weighted by Crippen LogP contribution is 2.04. The highest BCUT2D eigenvalue weighted by molar-refractivity contribution is 4.67. The Bertz CT molecular complexity index is 113. The molecule has 0 heterocycles. The number of hydrogen-bond donors (Lipinski definition) is 1. The summed E-state index contributed by atoms with van der Waals surface area (Å²) >= 11 is 0. The first kappa shape index (κ1) is 12.9. The van der Waals surface area contributed by atoms with Gasteiger partial charge in [-0.2, -0.15) is 0 Å². The molecule has 0 aromatic rings. The van der Waals surface area contributed by atoms with E-state index in [1.54, 1.807) is 0 Å². The van der Waals surface area contributed by atoms with Gasteiger partial charge in [0.2, 0.25) is 0 Å². The van der Waals surface area contributed by atoms with E-state index in [2.05, 4.69) is 32.7 Å². The van der Waals surface area contributed by atoms with Crippen molar-refractivity contribution in [1.29, 1.82) is 0 Å². The van der Waals surface area contributed by atoms with Gasteiger partial charge in [0.25, 0.3) is 0 Å². The summed E-state index contributed by atoms with van der Waals surface area (Å²) in [6, 6.07) is 0.349. The van der Waals surface area contributed by atoms with Gasteiger partial charge in [-0.15, -0.1) is 0 Å². The van der Waals surface area contributed by atoms with E-state index in [0.29, 0.717) is 6.04 Å². The van der Waals surface area contributed by atoms with Crippen LogP contribution in [0.3, 0.4) is 0 Å². The van der Waals surface area contributed by atoms with Crippen molar-refractivity contribution < 1.29 is 0 Å². The van der Waals surface area contributed by atoms with Crippen LogP contribution < -0.4 is 5.73 Å². The molecule has 2 nitrogen and oxygen atoms in total. The second kappa shape index (κ2) is 7.34. The lowest BCUT2D eigenvalue weighted by molar-refractivity contribution is 0.290. The summed E-state index contributed by atoms with van der Waals surface area (Å²) in [6.07, 6.45) is 3.69. The fraction of sp³-hybridized carbons (Fsp3) is 1.00. The van der Waals surface area contributed by atoms with Gasteiger partial charge in [0, 0.05) is 12.6 Å². The fourth-order valence-corrected chi connectivity index (χ4v) is 1.60. The van der Waals surface area contributed by atoms with Gasteiger partial charge < -0.3 is 10.6 Å². The zero-order valence-corrected chi connectivity index (χ0v) is 9.71. The molecule has 80 valence electrons. The molecule has 2 heteroatoms. The summed E-state index contributed by atoms with van der Waals surface area (Å²) in [5, 5.41) is 0. The highest BCUT2D eigenvalue weighted by Gasteiger charge is 2.07. The van der Waals surface area contributed by atoms with Crippen molar-refractivity contribution in [3.63, 3.8) is 0 Å². The van der Waals surface area contributed by atoms with E-state index in [-0.39, 0.29) is 0 Å². The van der Waals surface area contributed by atoms with E-state index in [9.17, 15) is 0 Å². The molecule has 0 bridgehead atoms. The summed E-state index contributed by atoms with van der Waals surface area (Å²) in [4.78, 5) is 2.34. The van der Waals surface area contributed by atoms with Crippen molar-refractivity contribution in [1.82, 2.24) is 4.90 Å². The number of unbranched alkanes of at least 4 members (excludes halogenated alkanes) is 1. The fourth-order valence-electron chi connectivity index (χ4n) is 1.60. The van der Waals surface area contributed by atoms with E-state index < -0.39 is 0 Å². The average Bonchev–Trinajstić information content (AvgIpc) is 1.98. The Kier molecular flexibility index (Phi) is 7.29. The van der Waals surface area contributed by atoms with Crippen molar-refractivity contribution in [3.8, 4) is 0 Å². The van der Waals surface area contributed by atoms with Crippen LogP contribution in [0.15, 0.2) is 0 Å². The molecule has 0 aliphatic carbocycles. The first-order chi connectivity index (χ1) is 6.06. The van der Waals surface area contributed by atoms with E-state index in [1.165, 1.54) is 19.4 Å². The van der Waals surface area contributed by atoms with Crippen LogP contribution in [-0.4, -0.2) is 31.1 Å². The lowest BCUT2D eigenvalue weighted by Crippen LogP contribution is -2.36. The van der Waals surface area contributed by atoms with Gasteiger partial charge in [-0.3, -0.25) is 0 Å². The maximum Gasteiger partial charge on any atom is 0.0170 e. The van der Waals surface area contributed by atoms with Crippen LogP contribution >= 0.6 is 0 Å². The second-order valence-electron chi connectivity index (χ2n) is 4.51. The molecule has 0 saturated heterocycles. The first-order valence-electron chi connectivity index (χ1n) is 5.50. The predicted octanol–water partition coefficient (Wildman–Crippen LogP) is 2.09. The molecule has 0 fully saturated rings. The van der Waals surface area contributed by atoms with E-state index >= 15 is 0 Å². The van der Waals surface area contributed by atoms with Crippen LogP contribution in [-0.2, 0) is 0 Å². The third-order valence-corrected chi connectivity index (χ3v) is 2.21. The van der Waals surface area contributed by atoms with Gasteiger partial charge in [-0.1, -0.05) is 27.2 Å². The Balaban J connectivity index is 3.46. The van der Waals surface area contributed by atoms with Crippen molar-refractivity contribution >= 4 is 0 Å². The van der Waals surface area contributed by atoms with Crippen LogP contribution in [0.4, 0.5) is 0 Å². The van der Waals surface area contributed by atoms with Gasteiger partial charge in [-0.05, 0) is 32.4 Å². The van der Waals surface area contributed by atoms with Gasteiger partial charge in [0.15, 0.2) is 0 Å². The molecule has 1 atom stereocenters. The van der Waals surface area contributed by atoms with Crippen LogP contribution in [0.25, 0.3) is 0 Å². The number of nitrogens with zero attached hydrogens (tertiary/aromatic N) is 1. The number of rotatable bonds is 7. The zero-order chi connectivity index (χ0) is 10.3. The second-order valence-corrected chi connectivity index (χ2v) is 4.51. The normalized spacial score (nSPS) is 14.1. The molecule has 0 saturated carbocycles. The van der Waals surface area contributed by atoms with Crippen LogP contribution in [0.2, 0.25) is 0 Å². The molecule has 0 amide bonds. The Morgan fingerprint density at radius 2 is 1.92 bits per heavy atom. The molecule has 0 aromatic carbocycles. The molecule has 2 N–H and O–H groups in total. The summed E-state index contributed by atoms with van der Waals surface area (Å²) < 4.78 is 0. The van der Waals surface area contributed by atoms with Crippen LogP contribution in [0, 0.1) is 5.92 Å². The van der Waals surface area contributed by atoms with Gasteiger partial charge in [0.1, 0.15) is 0 Å². The molecule has 0 radical (unpaired) electrons. The number of likely N-dealkylation sites (N-methyl/N-ethyl adjacent to an activating group) is 1. The molecular weight excluding hydrogens is 160 g/mol. The minimum absolute atomic E-state index is 0.349. The van der Waals surface area contributed by atoms with Crippen molar-refractivity contribution in [3.05, 3.63) is 0 Å². The molecule has 0 aromatic heterocycles. The summed E-state index contributed by atoms with van der Waals surface area (Å²) in [7, 11) is 2.16. The minimum Gasteiger partial charge on any atom is -0.327 e. The smallest absolute Gasteiger partial charge is 0.0170 e. The Morgan fingerprint density at radius 1 is 1.31 bits per heavy atom. The Labute approximate surface area is 83.5 Å². The van der Waals surface area contributed by atoms with Crippen molar-refractivity contribution in [2.45, 2.75) is 46.1 Å².